The topological polar surface area (TPSA) is 125 Å². The number of primary sulfonamides is 1. The Morgan fingerprint density at radius 3 is 2.53 bits per heavy atom. The smallest absolute Gasteiger partial charge is 0.338 e. The molecule has 0 fully saturated rings. The molecule has 2 aromatic carbocycles. The molecule has 8 nitrogen and oxygen atoms in total. The first-order valence-corrected chi connectivity index (χ1v) is 11.1. The molecule has 3 N–H and O–H groups in total. The van der Waals surface area contributed by atoms with E-state index < -0.39 is 22.1 Å². The second-order valence-electron chi connectivity index (χ2n) is 6.71. The lowest BCUT2D eigenvalue weighted by molar-refractivity contribution is -0.109. The van der Waals surface area contributed by atoms with E-state index in [1.807, 2.05) is 6.92 Å². The molecule has 0 saturated heterocycles. The fourth-order valence-electron chi connectivity index (χ4n) is 2.61. The molecule has 2 aromatic rings. The molecule has 30 heavy (non-hydrogen) atoms. The summed E-state index contributed by atoms with van der Waals surface area (Å²) in [7, 11) is -4.23. The molecule has 0 amide bonds. The maximum atomic E-state index is 12.5. The van der Waals surface area contributed by atoms with Gasteiger partial charge >= 0.3 is 5.97 Å². The van der Waals surface area contributed by atoms with Gasteiger partial charge in [-0.25, -0.2) is 18.4 Å². The first-order chi connectivity index (χ1) is 14.3. The first-order valence-electron chi connectivity index (χ1n) is 9.58. The Morgan fingerprint density at radius 1 is 1.23 bits per heavy atom. The van der Waals surface area contributed by atoms with Crippen molar-refractivity contribution in [2.75, 3.05) is 11.9 Å². The zero-order valence-electron chi connectivity index (χ0n) is 17.0. The fourth-order valence-corrected chi connectivity index (χ4v) is 3.31. The average Bonchev–Trinajstić information content (AvgIpc) is 2.69. The molecule has 0 heterocycles. The molecule has 162 valence electrons. The molecule has 0 aromatic heterocycles. The van der Waals surface area contributed by atoms with Crippen LogP contribution in [-0.2, 0) is 19.6 Å². The molecule has 0 saturated carbocycles. The lowest BCUT2D eigenvalue weighted by atomic mass is 10.1. The van der Waals surface area contributed by atoms with Crippen molar-refractivity contribution in [2.45, 2.75) is 44.1 Å². The standard InChI is InChI=1S/C21H26N2O6S/c1-3-4-11-23-18-13-16(21(25)28-15(2)10-12-24)14-19(30(22,26)27)20(18)29-17-8-6-5-7-9-17/h5-9,12-15,23H,3-4,10-11H2,1-2H3,(H2,22,26,27). The zero-order valence-corrected chi connectivity index (χ0v) is 17.8. The van der Waals surface area contributed by atoms with Crippen molar-refractivity contribution in [3.63, 3.8) is 0 Å². The number of rotatable bonds is 11. The predicted molar refractivity (Wildman–Crippen MR) is 113 cm³/mol. The third kappa shape index (κ3) is 6.57. The normalized spacial score (nSPS) is 12.1. The number of benzene rings is 2. The number of para-hydroxylation sites is 1. The Labute approximate surface area is 176 Å². The number of carbonyl (C=O) groups is 2. The van der Waals surface area contributed by atoms with Crippen LogP contribution in [0.3, 0.4) is 0 Å². The van der Waals surface area contributed by atoms with Gasteiger partial charge in [0.25, 0.3) is 0 Å². The van der Waals surface area contributed by atoms with Gasteiger partial charge in [0.05, 0.1) is 11.3 Å². The Bertz CT molecular complexity index is 976. The molecular formula is C21H26N2O6S. The van der Waals surface area contributed by atoms with Gasteiger partial charge in [-0.3, -0.25) is 0 Å². The second-order valence-corrected chi connectivity index (χ2v) is 8.24. The van der Waals surface area contributed by atoms with Gasteiger partial charge in [-0.15, -0.1) is 0 Å². The summed E-state index contributed by atoms with van der Waals surface area (Å²) in [5.74, 6) is -0.354. The van der Waals surface area contributed by atoms with Crippen LogP contribution < -0.4 is 15.2 Å². The monoisotopic (exact) mass is 434 g/mol. The van der Waals surface area contributed by atoms with E-state index in [4.69, 9.17) is 14.6 Å². The largest absolute Gasteiger partial charge is 0.459 e. The van der Waals surface area contributed by atoms with Crippen molar-refractivity contribution in [2.24, 2.45) is 5.14 Å². The number of unbranched alkanes of at least 4 members (excludes halogenated alkanes) is 1. The number of nitrogens with two attached hydrogens (primary N) is 1. The van der Waals surface area contributed by atoms with E-state index in [1.54, 1.807) is 37.3 Å². The van der Waals surface area contributed by atoms with E-state index in [2.05, 4.69) is 5.32 Å². The molecule has 0 aliphatic rings. The van der Waals surface area contributed by atoms with E-state index in [0.29, 0.717) is 24.3 Å². The third-order valence-electron chi connectivity index (χ3n) is 4.14. The summed E-state index contributed by atoms with van der Waals surface area (Å²) in [5.41, 5.74) is 0.282. The van der Waals surface area contributed by atoms with Gasteiger partial charge in [0.1, 0.15) is 23.0 Å². The summed E-state index contributed by atoms with van der Waals surface area (Å²) in [5, 5.41) is 8.53. The van der Waals surface area contributed by atoms with Crippen LogP contribution in [0.4, 0.5) is 5.69 Å². The number of ether oxygens (including phenoxy) is 2. The molecular weight excluding hydrogens is 408 g/mol. The molecule has 0 radical (unpaired) electrons. The van der Waals surface area contributed by atoms with Gasteiger partial charge in [0, 0.05) is 13.0 Å². The van der Waals surface area contributed by atoms with Gasteiger partial charge in [0.2, 0.25) is 10.0 Å². The number of carbonyl (C=O) groups excluding carboxylic acids is 2. The summed E-state index contributed by atoms with van der Waals surface area (Å²) in [4.78, 5) is 22.8. The van der Waals surface area contributed by atoms with E-state index in [0.717, 1.165) is 18.9 Å². The highest BCUT2D eigenvalue weighted by Gasteiger charge is 2.24. The van der Waals surface area contributed by atoms with Crippen molar-refractivity contribution in [3.8, 4) is 11.5 Å². The van der Waals surface area contributed by atoms with Crippen LogP contribution in [0.5, 0.6) is 11.5 Å². The van der Waals surface area contributed by atoms with Gasteiger partial charge in [-0.1, -0.05) is 31.5 Å². The van der Waals surface area contributed by atoms with E-state index >= 15 is 0 Å². The Balaban J connectivity index is 2.54. The summed E-state index contributed by atoms with van der Waals surface area (Å²) in [6, 6.07) is 11.2. The number of nitrogens with one attached hydrogen (secondary N) is 1. The van der Waals surface area contributed by atoms with Crippen LogP contribution in [0.25, 0.3) is 0 Å². The van der Waals surface area contributed by atoms with Crippen molar-refractivity contribution < 1.29 is 27.5 Å². The highest BCUT2D eigenvalue weighted by molar-refractivity contribution is 7.89. The van der Waals surface area contributed by atoms with Gasteiger partial charge in [-0.2, -0.15) is 0 Å². The van der Waals surface area contributed by atoms with Crippen LogP contribution in [0.1, 0.15) is 43.5 Å². The van der Waals surface area contributed by atoms with Crippen LogP contribution in [0.2, 0.25) is 0 Å². The molecule has 9 heteroatoms. The van der Waals surface area contributed by atoms with Gasteiger partial charge < -0.3 is 19.6 Å². The lowest BCUT2D eigenvalue weighted by Crippen LogP contribution is -2.19. The molecule has 1 unspecified atom stereocenters. The number of anilines is 1. The summed E-state index contributed by atoms with van der Waals surface area (Å²) in [6.45, 7) is 4.12. The SMILES string of the molecule is CCCCNc1cc(C(=O)OC(C)CC=O)cc(S(N)(=O)=O)c1Oc1ccccc1. The minimum Gasteiger partial charge on any atom is -0.459 e. The zero-order chi connectivity index (χ0) is 22.1. The Morgan fingerprint density at radius 2 is 1.93 bits per heavy atom. The number of hydrogen-bond donors (Lipinski definition) is 2. The van der Waals surface area contributed by atoms with Crippen molar-refractivity contribution >= 4 is 28.0 Å². The maximum Gasteiger partial charge on any atom is 0.338 e. The van der Waals surface area contributed by atoms with E-state index in [9.17, 15) is 18.0 Å². The summed E-state index contributed by atoms with van der Waals surface area (Å²) < 4.78 is 35.6. The summed E-state index contributed by atoms with van der Waals surface area (Å²) in [6.07, 6.45) is 1.76. The lowest BCUT2D eigenvalue weighted by Gasteiger charge is -2.18. The molecule has 0 spiro atoms. The van der Waals surface area contributed by atoms with Crippen molar-refractivity contribution in [1.29, 1.82) is 0 Å². The molecule has 0 aliphatic carbocycles. The van der Waals surface area contributed by atoms with Crippen LogP contribution in [-0.4, -0.2) is 33.3 Å². The van der Waals surface area contributed by atoms with Crippen molar-refractivity contribution in [1.82, 2.24) is 0 Å². The molecule has 1 atom stereocenters. The highest BCUT2D eigenvalue weighted by Crippen LogP contribution is 2.37. The number of sulfonamides is 1. The first kappa shape index (κ1) is 23.4. The number of aldehydes is 1. The Hall–Kier alpha value is -2.91. The van der Waals surface area contributed by atoms with Crippen LogP contribution >= 0.6 is 0 Å². The minimum atomic E-state index is -4.23. The van der Waals surface area contributed by atoms with Gasteiger partial charge in [-0.05, 0) is 37.6 Å². The highest BCUT2D eigenvalue weighted by atomic mass is 32.2. The average molecular weight is 435 g/mol. The molecule has 0 aliphatic heterocycles. The second kappa shape index (κ2) is 10.7. The number of esters is 1. The molecule has 0 bridgehead atoms. The maximum absolute atomic E-state index is 12.5. The van der Waals surface area contributed by atoms with Crippen molar-refractivity contribution in [3.05, 3.63) is 48.0 Å². The third-order valence-corrected chi connectivity index (χ3v) is 5.06. The van der Waals surface area contributed by atoms with Gasteiger partial charge in [0.15, 0.2) is 5.75 Å². The summed E-state index contributed by atoms with van der Waals surface area (Å²) >= 11 is 0. The van der Waals surface area contributed by atoms with E-state index in [-0.39, 0.29) is 22.6 Å². The molecule has 2 rings (SSSR count). The predicted octanol–water partition coefficient (Wildman–Crippen LogP) is 3.47. The Kier molecular flexibility index (Phi) is 8.37. The fraction of sp³-hybridized carbons (Fsp3) is 0.333. The quantitative estimate of drug-likeness (QED) is 0.315. The minimum absolute atomic E-state index is 0.00251. The number of hydrogen-bond acceptors (Lipinski definition) is 7. The van der Waals surface area contributed by atoms with E-state index in [1.165, 1.54) is 6.07 Å². The van der Waals surface area contributed by atoms with Crippen LogP contribution in [0, 0.1) is 0 Å². The van der Waals surface area contributed by atoms with Crippen LogP contribution in [0.15, 0.2) is 47.4 Å².